The van der Waals surface area contributed by atoms with Gasteiger partial charge in [0.1, 0.15) is 7.23 Å². The molecule has 1 aliphatic heterocycles. The molecule has 1 saturated heterocycles. The highest BCUT2D eigenvalue weighted by Gasteiger charge is 2.32. The predicted molar refractivity (Wildman–Crippen MR) is 39.8 cm³/mol. The third-order valence-electron chi connectivity index (χ3n) is 1.32. The minimum atomic E-state index is -0.485. The SMILES string of the molecule is [3H]SOCC1COC(C)(C)O1. The molecule has 0 aromatic carbocycles. The van der Waals surface area contributed by atoms with Crippen LogP contribution >= 0.6 is 12.8 Å². The van der Waals surface area contributed by atoms with Gasteiger partial charge >= 0.3 is 0 Å². The van der Waals surface area contributed by atoms with Gasteiger partial charge in [-0.1, -0.05) is 0 Å². The second-order valence-corrected chi connectivity index (χ2v) is 2.97. The first-order valence-electron chi connectivity index (χ1n) is 3.61. The van der Waals surface area contributed by atoms with Crippen LogP contribution in [-0.4, -0.2) is 26.2 Å². The fourth-order valence-electron chi connectivity index (χ4n) is 0.921. The van der Waals surface area contributed by atoms with E-state index < -0.39 is 5.79 Å². The minimum absolute atomic E-state index is 0.0251. The highest BCUT2D eigenvalue weighted by atomic mass is 32.1. The lowest BCUT2D eigenvalue weighted by Crippen LogP contribution is -2.23. The molecule has 1 fully saturated rings. The Kier molecular flexibility index (Phi) is 2.13. The van der Waals surface area contributed by atoms with Crippen molar-refractivity contribution in [2.75, 3.05) is 13.2 Å². The molecule has 0 N–H and O–H groups in total. The molecule has 0 aliphatic carbocycles. The second kappa shape index (κ2) is 3.09. The van der Waals surface area contributed by atoms with Gasteiger partial charge in [0.25, 0.3) is 0 Å². The van der Waals surface area contributed by atoms with E-state index in [2.05, 4.69) is 0 Å². The molecule has 10 heavy (non-hydrogen) atoms. The second-order valence-electron chi connectivity index (χ2n) is 2.74. The van der Waals surface area contributed by atoms with Gasteiger partial charge in [0, 0.05) is 0 Å². The number of ether oxygens (including phenoxy) is 2. The molecule has 0 amide bonds. The molecule has 1 atom stereocenters. The van der Waals surface area contributed by atoms with E-state index >= 15 is 0 Å². The van der Waals surface area contributed by atoms with Crippen molar-refractivity contribution in [3.63, 3.8) is 0 Å². The Bertz CT molecular complexity index is 131. The number of hydrogen-bond acceptors (Lipinski definition) is 4. The molecule has 3 nitrogen and oxygen atoms in total. The third-order valence-corrected chi connectivity index (χ3v) is 1.46. The predicted octanol–water partition coefficient (Wildman–Crippen LogP) is 0.999. The molecule has 0 saturated carbocycles. The van der Waals surface area contributed by atoms with E-state index in [0.717, 1.165) is 0 Å². The lowest BCUT2D eigenvalue weighted by molar-refractivity contribution is -0.141. The van der Waals surface area contributed by atoms with Crippen molar-refractivity contribution in [3.05, 3.63) is 0 Å². The quantitative estimate of drug-likeness (QED) is 0.500. The van der Waals surface area contributed by atoms with Crippen LogP contribution in [-0.2, 0) is 13.7 Å². The minimum Gasteiger partial charge on any atom is -0.348 e. The molecule has 0 aromatic rings. The van der Waals surface area contributed by atoms with Crippen molar-refractivity contribution in [2.45, 2.75) is 25.7 Å². The van der Waals surface area contributed by atoms with E-state index in [1.807, 2.05) is 13.8 Å². The first-order valence-corrected chi connectivity index (χ1v) is 3.54. The zero-order valence-electron chi connectivity index (χ0n) is 7.12. The Balaban J connectivity index is 2.20. The zero-order chi connectivity index (χ0) is 8.32. The number of hydrogen-bond donors (Lipinski definition) is 1. The largest absolute Gasteiger partial charge is 0.348 e. The topological polar surface area (TPSA) is 27.7 Å². The van der Waals surface area contributed by atoms with E-state index in [1.54, 1.807) is 0 Å². The summed E-state index contributed by atoms with van der Waals surface area (Å²) in [6.07, 6.45) is -0.0251. The van der Waals surface area contributed by atoms with E-state index in [-0.39, 0.29) is 6.10 Å². The van der Waals surface area contributed by atoms with E-state index in [1.165, 1.54) is 0 Å². The summed E-state index contributed by atoms with van der Waals surface area (Å²) < 4.78 is 22.1. The Morgan fingerprint density at radius 3 is 3.20 bits per heavy atom. The molecule has 0 aromatic heterocycles. The Morgan fingerprint density at radius 1 is 1.90 bits per heavy atom. The maximum atomic E-state index is 6.66. The molecule has 4 heteroatoms. The van der Waals surface area contributed by atoms with Crippen LogP contribution in [0.25, 0.3) is 0 Å². The van der Waals surface area contributed by atoms with Crippen LogP contribution in [0, 0.1) is 0 Å². The summed E-state index contributed by atoms with van der Waals surface area (Å²) in [5.41, 5.74) is 0. The van der Waals surface area contributed by atoms with Crippen LogP contribution in [0.5, 0.6) is 0 Å². The van der Waals surface area contributed by atoms with Crippen molar-refractivity contribution in [1.29, 1.82) is 1.12 Å². The van der Waals surface area contributed by atoms with Crippen LogP contribution in [0.15, 0.2) is 0 Å². The van der Waals surface area contributed by atoms with Gasteiger partial charge in [0.15, 0.2) is 5.79 Å². The van der Waals surface area contributed by atoms with Crippen molar-refractivity contribution in [3.8, 4) is 0 Å². The summed E-state index contributed by atoms with van der Waals surface area (Å²) in [6.45, 7) is 4.69. The third kappa shape index (κ3) is 2.12. The Hall–Kier alpha value is 0.230. The molecule has 1 heterocycles. The summed E-state index contributed by atoms with van der Waals surface area (Å²) in [6, 6.07) is 0. The van der Waals surface area contributed by atoms with Crippen LogP contribution in [0.3, 0.4) is 0 Å². The molecule has 0 spiro atoms. The first kappa shape index (κ1) is 6.91. The standard InChI is InChI=1S/C6H12O3S/c1-6(2)7-3-5(9-6)4-8-10/h5,10H,3-4H2,1-2H3/i/hT. The van der Waals surface area contributed by atoms with Gasteiger partial charge in [-0.3, -0.25) is 0 Å². The molecule has 60 valence electrons. The van der Waals surface area contributed by atoms with Gasteiger partial charge in [-0.25, -0.2) is 0 Å². The van der Waals surface area contributed by atoms with Gasteiger partial charge in [-0.15, -0.1) is 0 Å². The highest BCUT2D eigenvalue weighted by Crippen LogP contribution is 2.22. The fraction of sp³-hybridized carbons (Fsp3) is 1.00. The summed E-state index contributed by atoms with van der Waals surface area (Å²) in [5.74, 6) is -0.485. The molecular weight excluding hydrogens is 152 g/mol. The smallest absolute Gasteiger partial charge is 0.163 e. The van der Waals surface area contributed by atoms with Crippen molar-refractivity contribution in [2.24, 2.45) is 0 Å². The molecule has 1 rings (SSSR count). The Morgan fingerprint density at radius 2 is 2.70 bits per heavy atom. The summed E-state index contributed by atoms with van der Waals surface area (Å²) in [5, 5.41) is 0. The summed E-state index contributed by atoms with van der Waals surface area (Å²) >= 11 is 0.603. The average Bonchev–Trinajstić information content (AvgIpc) is 2.26. The first-order chi connectivity index (χ1) is 5.14. The van der Waals surface area contributed by atoms with Gasteiger partial charge in [-0.2, -0.15) is 0 Å². The van der Waals surface area contributed by atoms with Gasteiger partial charge in [-0.05, 0) is 26.7 Å². The summed E-state index contributed by atoms with van der Waals surface area (Å²) in [4.78, 5) is 0. The number of thiol groups is 1. The molecule has 1 unspecified atom stereocenters. The molecule has 0 radical (unpaired) electrons. The van der Waals surface area contributed by atoms with Crippen LogP contribution in [0.2, 0.25) is 0 Å². The maximum Gasteiger partial charge on any atom is 0.163 e. The van der Waals surface area contributed by atoms with E-state index in [4.69, 9.17) is 14.8 Å². The molecular formula is C6H12O3S. The normalized spacial score (nSPS) is 32.2. The monoisotopic (exact) mass is 166 g/mol. The average molecular weight is 166 g/mol. The van der Waals surface area contributed by atoms with Gasteiger partial charge in [0.05, 0.1) is 13.2 Å². The van der Waals surface area contributed by atoms with Crippen LogP contribution in [0.4, 0.5) is 0 Å². The van der Waals surface area contributed by atoms with Crippen molar-refractivity contribution in [1.82, 2.24) is 0 Å². The maximum absolute atomic E-state index is 6.66. The molecule has 0 bridgehead atoms. The Labute approximate surface area is 67.3 Å². The van der Waals surface area contributed by atoms with Crippen LogP contribution in [0.1, 0.15) is 13.8 Å². The van der Waals surface area contributed by atoms with Crippen molar-refractivity contribution >= 4 is 12.8 Å². The molecule has 1 aliphatic rings. The highest BCUT2D eigenvalue weighted by molar-refractivity contribution is 7.75. The van der Waals surface area contributed by atoms with Crippen molar-refractivity contribution < 1.29 is 13.7 Å². The lowest BCUT2D eigenvalue weighted by atomic mass is 10.4. The number of rotatable bonds is 3. The van der Waals surface area contributed by atoms with E-state index in [0.29, 0.717) is 26.0 Å². The van der Waals surface area contributed by atoms with E-state index in [9.17, 15) is 0 Å². The zero-order valence-corrected chi connectivity index (χ0v) is 6.94. The van der Waals surface area contributed by atoms with Gasteiger partial charge < -0.3 is 13.7 Å². The fourth-order valence-corrected chi connectivity index (χ4v) is 1.07. The lowest BCUT2D eigenvalue weighted by Gasteiger charge is -2.16. The van der Waals surface area contributed by atoms with Crippen LogP contribution < -0.4 is 0 Å². The van der Waals surface area contributed by atoms with Gasteiger partial charge in [0.2, 0.25) is 0 Å². The summed E-state index contributed by atoms with van der Waals surface area (Å²) in [7, 11) is 0.